The molecule has 2 aliphatic heterocycles. The summed E-state index contributed by atoms with van der Waals surface area (Å²) < 4.78 is 40.7. The van der Waals surface area contributed by atoms with Crippen molar-refractivity contribution in [2.45, 2.75) is 83.4 Å². The highest BCUT2D eigenvalue weighted by Crippen LogP contribution is 2.65. The molecule has 2 saturated carbocycles. The van der Waals surface area contributed by atoms with E-state index < -0.39 is 71.9 Å². The molecule has 4 aliphatic rings. The number of hydrazine groups is 1. The van der Waals surface area contributed by atoms with E-state index >= 15 is 0 Å². The number of nitrogens with zero attached hydrogens (tertiary/aromatic N) is 2. The van der Waals surface area contributed by atoms with Crippen LogP contribution in [0, 0.1) is 35.0 Å². The second-order valence-electron chi connectivity index (χ2n) is 12.4. The second kappa shape index (κ2) is 11.6. The summed E-state index contributed by atoms with van der Waals surface area (Å²) in [7, 11) is 0. The zero-order valence-corrected chi connectivity index (χ0v) is 24.5. The second-order valence-corrected chi connectivity index (χ2v) is 12.8. The van der Waals surface area contributed by atoms with Crippen LogP contribution in [-0.2, 0) is 24.0 Å². The molecule has 6 atom stereocenters. The molecular weight excluding hydrogens is 567 g/mol. The van der Waals surface area contributed by atoms with E-state index in [1.807, 2.05) is 27.7 Å². The summed E-state index contributed by atoms with van der Waals surface area (Å²) in [5.74, 6) is -8.48. The van der Waals surface area contributed by atoms with Crippen LogP contribution in [0.4, 0.5) is 13.2 Å². The lowest BCUT2D eigenvalue weighted by Crippen LogP contribution is -2.61. The molecule has 0 unspecified atom stereocenters. The summed E-state index contributed by atoms with van der Waals surface area (Å²) in [5.41, 5.74) is -0.326. The van der Waals surface area contributed by atoms with Gasteiger partial charge in [0.2, 0.25) is 23.6 Å². The largest absolute Gasteiger partial charge is 0.356 e. The smallest absolute Gasteiger partial charge is 0.291 e. The highest BCUT2D eigenvalue weighted by Gasteiger charge is 2.70. The van der Waals surface area contributed by atoms with E-state index in [-0.39, 0.29) is 42.2 Å². The first kappa shape index (κ1) is 31.4. The van der Waals surface area contributed by atoms with Crippen LogP contribution in [0.25, 0.3) is 0 Å². The number of hydrogen-bond acceptors (Lipinski definition) is 5. The molecule has 230 valence electrons. The Morgan fingerprint density at radius 2 is 1.78 bits per heavy atom. The number of piperidine rings is 1. The Morgan fingerprint density at radius 1 is 1.15 bits per heavy atom. The van der Waals surface area contributed by atoms with Gasteiger partial charge in [0.25, 0.3) is 17.4 Å². The van der Waals surface area contributed by atoms with E-state index in [9.17, 15) is 37.1 Å². The van der Waals surface area contributed by atoms with Crippen molar-refractivity contribution in [2.24, 2.45) is 35.0 Å². The molecule has 0 bridgehead atoms. The number of carbonyl (C=O) groups is 5. The molecule has 5 amide bonds. The summed E-state index contributed by atoms with van der Waals surface area (Å²) in [6.45, 7) is 7.95. The number of amides is 5. The SMILES string of the molecule is CCC(CC)[C@H](NC(=O)C1CC(F)(F)C1)C(=O)N1C[C@H]2[C@@H]([C@H]1C(=O)NN(C[C@@H]1CCNC1=O)C(=O)[C@H](F)Cl)C2(C)C. The van der Waals surface area contributed by atoms with Crippen LogP contribution in [0.15, 0.2) is 0 Å². The zero-order valence-electron chi connectivity index (χ0n) is 23.7. The van der Waals surface area contributed by atoms with Crippen molar-refractivity contribution >= 4 is 41.1 Å². The van der Waals surface area contributed by atoms with Crippen LogP contribution in [0.2, 0.25) is 0 Å². The maximum Gasteiger partial charge on any atom is 0.291 e. The molecule has 41 heavy (non-hydrogen) atoms. The van der Waals surface area contributed by atoms with Gasteiger partial charge in [-0.2, -0.15) is 0 Å². The number of rotatable bonds is 10. The fourth-order valence-electron chi connectivity index (χ4n) is 6.80. The molecule has 2 heterocycles. The zero-order chi connectivity index (χ0) is 30.4. The van der Waals surface area contributed by atoms with Gasteiger partial charge in [0.15, 0.2) is 0 Å². The summed E-state index contributed by atoms with van der Waals surface area (Å²) in [4.78, 5) is 66.6. The molecule has 0 aromatic carbocycles. The molecule has 0 spiro atoms. The first-order chi connectivity index (χ1) is 19.1. The third-order valence-corrected chi connectivity index (χ3v) is 9.76. The van der Waals surface area contributed by atoms with Gasteiger partial charge in [0.1, 0.15) is 12.1 Å². The molecule has 4 rings (SSSR count). The van der Waals surface area contributed by atoms with E-state index in [4.69, 9.17) is 11.6 Å². The molecule has 0 radical (unpaired) electrons. The van der Waals surface area contributed by atoms with Crippen molar-refractivity contribution in [2.75, 3.05) is 19.6 Å². The van der Waals surface area contributed by atoms with Gasteiger partial charge >= 0.3 is 0 Å². The Balaban J connectivity index is 1.55. The van der Waals surface area contributed by atoms with Crippen LogP contribution < -0.4 is 16.1 Å². The number of hydrogen-bond donors (Lipinski definition) is 3. The lowest BCUT2D eigenvalue weighted by molar-refractivity contribution is -0.155. The van der Waals surface area contributed by atoms with Crippen molar-refractivity contribution in [3.8, 4) is 0 Å². The maximum absolute atomic E-state index is 14.0. The summed E-state index contributed by atoms with van der Waals surface area (Å²) >= 11 is 5.40. The van der Waals surface area contributed by atoms with Gasteiger partial charge in [-0.1, -0.05) is 52.1 Å². The highest BCUT2D eigenvalue weighted by atomic mass is 35.5. The van der Waals surface area contributed by atoms with Gasteiger partial charge in [0, 0.05) is 31.8 Å². The summed E-state index contributed by atoms with van der Waals surface area (Å²) in [5, 5.41) is 6.03. The Hall–Kier alpha value is -2.57. The standard InChI is InChI=1S/C27H39ClF3N5O5/c1-5-13(6-2)18(33-22(38)15-9-27(30,31)10-15)24(40)35-12-16-17(26(16,3)4)19(35)23(39)34-36(25(41)20(28)29)11-14-7-8-32-21(14)37/h13-20H,5-12H2,1-4H3,(H,32,37)(H,33,38)(H,34,39)/t14-,16-,17-,18-,19-,20-/m0/s1. The summed E-state index contributed by atoms with van der Waals surface area (Å²) in [6.07, 6.45) is 0.281. The molecule has 14 heteroatoms. The third kappa shape index (κ3) is 6.15. The molecule has 0 aromatic heterocycles. The minimum atomic E-state index is -2.90. The molecule has 0 aromatic rings. The van der Waals surface area contributed by atoms with Crippen LogP contribution in [0.5, 0.6) is 0 Å². The first-order valence-electron chi connectivity index (χ1n) is 14.3. The number of likely N-dealkylation sites (tertiary alicyclic amines) is 1. The van der Waals surface area contributed by atoms with Crippen molar-refractivity contribution in [3.05, 3.63) is 0 Å². The van der Waals surface area contributed by atoms with E-state index in [1.54, 1.807) is 0 Å². The molecule has 10 nitrogen and oxygen atoms in total. The Kier molecular flexibility index (Phi) is 8.88. The number of fused-ring (bicyclic) bond motifs is 1. The normalized spacial score (nSPS) is 29.2. The van der Waals surface area contributed by atoms with Gasteiger partial charge in [-0.25, -0.2) is 18.2 Å². The number of alkyl halides is 4. The van der Waals surface area contributed by atoms with Gasteiger partial charge in [-0.3, -0.25) is 29.4 Å². The van der Waals surface area contributed by atoms with Gasteiger partial charge in [-0.05, 0) is 29.6 Å². The molecule has 3 N–H and O–H groups in total. The van der Waals surface area contributed by atoms with E-state index in [2.05, 4.69) is 16.1 Å². The molecular formula is C27H39ClF3N5O5. The third-order valence-electron chi connectivity index (χ3n) is 9.57. The average molecular weight is 606 g/mol. The average Bonchev–Trinajstić information content (AvgIpc) is 3.24. The quantitative estimate of drug-likeness (QED) is 0.259. The van der Waals surface area contributed by atoms with E-state index in [0.717, 1.165) is 0 Å². The minimum absolute atomic E-state index is 0.0303. The van der Waals surface area contributed by atoms with Crippen LogP contribution in [-0.4, -0.2) is 82.7 Å². The monoisotopic (exact) mass is 605 g/mol. The first-order valence-corrected chi connectivity index (χ1v) is 14.7. The fourth-order valence-corrected chi connectivity index (χ4v) is 6.92. The van der Waals surface area contributed by atoms with Crippen molar-refractivity contribution < 1.29 is 37.1 Å². The van der Waals surface area contributed by atoms with Crippen molar-refractivity contribution in [3.63, 3.8) is 0 Å². The van der Waals surface area contributed by atoms with Crippen LogP contribution in [0.3, 0.4) is 0 Å². The maximum atomic E-state index is 14.0. The summed E-state index contributed by atoms with van der Waals surface area (Å²) in [6, 6.07) is -2.06. The molecule has 2 aliphatic carbocycles. The van der Waals surface area contributed by atoms with Crippen molar-refractivity contribution in [1.29, 1.82) is 0 Å². The molecule has 2 saturated heterocycles. The Morgan fingerprint density at radius 3 is 2.29 bits per heavy atom. The van der Waals surface area contributed by atoms with Crippen molar-refractivity contribution in [1.82, 2.24) is 26.0 Å². The predicted octanol–water partition coefficient (Wildman–Crippen LogP) is 1.97. The Bertz CT molecular complexity index is 1080. The Labute approximate surface area is 242 Å². The fraction of sp³-hybridized carbons (Fsp3) is 0.815. The minimum Gasteiger partial charge on any atom is -0.356 e. The van der Waals surface area contributed by atoms with E-state index in [0.29, 0.717) is 30.8 Å². The van der Waals surface area contributed by atoms with Gasteiger partial charge < -0.3 is 15.5 Å². The number of nitrogens with one attached hydrogen (secondary N) is 3. The van der Waals surface area contributed by atoms with Gasteiger partial charge in [0.05, 0.1) is 12.5 Å². The molecule has 4 fully saturated rings. The lowest BCUT2D eigenvalue weighted by Gasteiger charge is -2.38. The lowest BCUT2D eigenvalue weighted by atomic mass is 9.80. The van der Waals surface area contributed by atoms with E-state index in [1.165, 1.54) is 4.90 Å². The number of halogens is 4. The van der Waals surface area contributed by atoms with Crippen LogP contribution in [0.1, 0.15) is 59.8 Å². The predicted molar refractivity (Wildman–Crippen MR) is 142 cm³/mol. The highest BCUT2D eigenvalue weighted by molar-refractivity contribution is 6.29. The van der Waals surface area contributed by atoms with Gasteiger partial charge in [-0.15, -0.1) is 0 Å². The number of carbonyl (C=O) groups excluding carboxylic acids is 5. The topological polar surface area (TPSA) is 128 Å². The van der Waals surface area contributed by atoms with Crippen LogP contribution >= 0.6 is 11.6 Å².